The highest BCUT2D eigenvalue weighted by Gasteiger charge is 2.13. The number of anilines is 1. The molecule has 3 N–H and O–H groups in total. The second kappa shape index (κ2) is 8.88. The van der Waals surface area contributed by atoms with E-state index < -0.39 is 18.0 Å². The van der Waals surface area contributed by atoms with Crippen LogP contribution in [0.1, 0.15) is 11.7 Å². The van der Waals surface area contributed by atoms with Crippen molar-refractivity contribution < 1.29 is 14.3 Å². The molecule has 0 aromatic heterocycles. The lowest BCUT2D eigenvalue weighted by molar-refractivity contribution is 0.169. The number of carbonyl (C=O) groups is 1. The van der Waals surface area contributed by atoms with Crippen molar-refractivity contribution in [3.63, 3.8) is 0 Å². The molecule has 2 amide bonds. The van der Waals surface area contributed by atoms with Crippen molar-refractivity contribution in [3.05, 3.63) is 66.0 Å². The molecule has 0 fully saturated rings. The first kappa shape index (κ1) is 17.7. The van der Waals surface area contributed by atoms with Gasteiger partial charge in [-0.2, -0.15) is 0 Å². The SMILES string of the molecule is CN(CCNC(=O)NCC(O)c1ccccc1F)c1ccccc1. The van der Waals surface area contributed by atoms with Crippen molar-refractivity contribution in [2.75, 3.05) is 31.6 Å². The number of rotatable bonds is 7. The Morgan fingerprint density at radius 3 is 2.50 bits per heavy atom. The number of aliphatic hydroxyl groups excluding tert-OH is 1. The molecule has 6 heteroatoms. The fraction of sp³-hybridized carbons (Fsp3) is 0.278. The molecular weight excluding hydrogens is 309 g/mol. The maximum absolute atomic E-state index is 13.5. The summed E-state index contributed by atoms with van der Waals surface area (Å²) in [5, 5.41) is 15.2. The second-order valence-electron chi connectivity index (χ2n) is 5.43. The molecule has 2 aromatic rings. The first-order valence-corrected chi connectivity index (χ1v) is 7.78. The number of para-hydroxylation sites is 1. The molecule has 0 saturated heterocycles. The highest BCUT2D eigenvalue weighted by molar-refractivity contribution is 5.73. The van der Waals surface area contributed by atoms with Gasteiger partial charge in [-0.15, -0.1) is 0 Å². The van der Waals surface area contributed by atoms with Crippen LogP contribution in [0.4, 0.5) is 14.9 Å². The molecule has 0 aliphatic rings. The minimum Gasteiger partial charge on any atom is -0.386 e. The molecule has 0 aliphatic heterocycles. The lowest BCUT2D eigenvalue weighted by atomic mass is 10.1. The number of nitrogens with zero attached hydrogens (tertiary/aromatic N) is 1. The van der Waals surface area contributed by atoms with Crippen LogP contribution in [0.2, 0.25) is 0 Å². The van der Waals surface area contributed by atoms with Crippen LogP contribution in [0.25, 0.3) is 0 Å². The molecule has 1 unspecified atom stereocenters. The van der Waals surface area contributed by atoms with Gasteiger partial charge in [0.15, 0.2) is 0 Å². The number of hydrogen-bond acceptors (Lipinski definition) is 3. The van der Waals surface area contributed by atoms with Gasteiger partial charge in [-0.05, 0) is 18.2 Å². The predicted molar refractivity (Wildman–Crippen MR) is 92.5 cm³/mol. The predicted octanol–water partition coefficient (Wildman–Crippen LogP) is 2.29. The smallest absolute Gasteiger partial charge is 0.314 e. The lowest BCUT2D eigenvalue weighted by Gasteiger charge is -2.19. The van der Waals surface area contributed by atoms with Gasteiger partial charge in [0, 0.05) is 37.9 Å². The van der Waals surface area contributed by atoms with E-state index in [1.54, 1.807) is 12.1 Å². The highest BCUT2D eigenvalue weighted by atomic mass is 19.1. The molecule has 24 heavy (non-hydrogen) atoms. The average molecular weight is 331 g/mol. The maximum atomic E-state index is 13.5. The lowest BCUT2D eigenvalue weighted by Crippen LogP contribution is -2.41. The Bertz CT molecular complexity index is 652. The summed E-state index contributed by atoms with van der Waals surface area (Å²) in [6, 6.07) is 15.4. The highest BCUT2D eigenvalue weighted by Crippen LogP contribution is 2.15. The number of urea groups is 1. The first-order chi connectivity index (χ1) is 11.6. The molecule has 0 spiro atoms. The number of halogens is 1. The largest absolute Gasteiger partial charge is 0.386 e. The Labute approximate surface area is 141 Å². The van der Waals surface area contributed by atoms with E-state index in [1.165, 1.54) is 12.1 Å². The summed E-state index contributed by atoms with van der Waals surface area (Å²) >= 11 is 0. The molecular formula is C18H22FN3O2. The Morgan fingerprint density at radius 2 is 1.79 bits per heavy atom. The van der Waals surface area contributed by atoms with Gasteiger partial charge in [0.25, 0.3) is 0 Å². The monoisotopic (exact) mass is 331 g/mol. The van der Waals surface area contributed by atoms with Crippen LogP contribution in [0.15, 0.2) is 54.6 Å². The van der Waals surface area contributed by atoms with Crippen LogP contribution in [0, 0.1) is 5.82 Å². The topological polar surface area (TPSA) is 64.6 Å². The third-order valence-electron chi connectivity index (χ3n) is 3.65. The molecule has 0 saturated carbocycles. The second-order valence-corrected chi connectivity index (χ2v) is 5.43. The third-order valence-corrected chi connectivity index (χ3v) is 3.65. The van der Waals surface area contributed by atoms with E-state index in [2.05, 4.69) is 10.6 Å². The van der Waals surface area contributed by atoms with Crippen molar-refractivity contribution in [1.29, 1.82) is 0 Å². The van der Waals surface area contributed by atoms with Gasteiger partial charge < -0.3 is 20.6 Å². The van der Waals surface area contributed by atoms with Crippen molar-refractivity contribution in [2.45, 2.75) is 6.10 Å². The van der Waals surface area contributed by atoms with Gasteiger partial charge in [0.2, 0.25) is 0 Å². The number of benzene rings is 2. The molecule has 2 rings (SSSR count). The number of likely N-dealkylation sites (N-methyl/N-ethyl adjacent to an activating group) is 1. The van der Waals surface area contributed by atoms with Gasteiger partial charge in [-0.25, -0.2) is 9.18 Å². The van der Waals surface area contributed by atoms with Crippen LogP contribution < -0.4 is 15.5 Å². The summed E-state index contributed by atoms with van der Waals surface area (Å²) in [6.45, 7) is 1.04. The van der Waals surface area contributed by atoms with Crippen LogP contribution in [-0.4, -0.2) is 37.8 Å². The number of amides is 2. The molecule has 2 aromatic carbocycles. The number of hydrogen-bond donors (Lipinski definition) is 3. The van der Waals surface area contributed by atoms with Gasteiger partial charge in [0.1, 0.15) is 5.82 Å². The normalized spacial score (nSPS) is 11.6. The van der Waals surface area contributed by atoms with E-state index in [0.29, 0.717) is 13.1 Å². The molecule has 5 nitrogen and oxygen atoms in total. The number of carbonyl (C=O) groups excluding carboxylic acids is 1. The van der Waals surface area contributed by atoms with Gasteiger partial charge >= 0.3 is 6.03 Å². The molecule has 0 bridgehead atoms. The van der Waals surface area contributed by atoms with Crippen molar-refractivity contribution in [1.82, 2.24) is 10.6 Å². The van der Waals surface area contributed by atoms with Gasteiger partial charge in [-0.3, -0.25) is 0 Å². The Hall–Kier alpha value is -2.60. The van der Waals surface area contributed by atoms with Crippen molar-refractivity contribution in [3.8, 4) is 0 Å². The summed E-state index contributed by atoms with van der Waals surface area (Å²) in [5.41, 5.74) is 1.23. The minimum absolute atomic E-state index is 0.0543. The summed E-state index contributed by atoms with van der Waals surface area (Å²) in [4.78, 5) is 13.8. The van der Waals surface area contributed by atoms with Crippen molar-refractivity contribution >= 4 is 11.7 Å². The molecule has 128 valence electrons. The fourth-order valence-electron chi connectivity index (χ4n) is 2.26. The maximum Gasteiger partial charge on any atom is 0.314 e. The minimum atomic E-state index is -1.08. The van der Waals surface area contributed by atoms with Crippen LogP contribution in [0.3, 0.4) is 0 Å². The van der Waals surface area contributed by atoms with Crippen LogP contribution in [-0.2, 0) is 0 Å². The van der Waals surface area contributed by atoms with E-state index in [4.69, 9.17) is 0 Å². The van der Waals surface area contributed by atoms with Crippen molar-refractivity contribution in [2.24, 2.45) is 0 Å². The van der Waals surface area contributed by atoms with Crippen LogP contribution in [0.5, 0.6) is 0 Å². The molecule has 0 aliphatic carbocycles. The van der Waals surface area contributed by atoms with E-state index in [-0.39, 0.29) is 12.1 Å². The van der Waals surface area contributed by atoms with Gasteiger partial charge in [0.05, 0.1) is 6.10 Å². The first-order valence-electron chi connectivity index (χ1n) is 7.78. The summed E-state index contributed by atoms with van der Waals surface area (Å²) < 4.78 is 13.5. The standard InChI is InChI=1S/C18H22FN3O2/c1-22(14-7-3-2-4-8-14)12-11-20-18(24)21-13-17(23)15-9-5-6-10-16(15)19/h2-10,17,23H,11-13H2,1H3,(H2,20,21,24). The summed E-state index contributed by atoms with van der Waals surface area (Å²) in [6.07, 6.45) is -1.08. The summed E-state index contributed by atoms with van der Waals surface area (Å²) in [5.74, 6) is -0.489. The molecule has 0 radical (unpaired) electrons. The van der Waals surface area contributed by atoms with E-state index in [9.17, 15) is 14.3 Å². The Morgan fingerprint density at radius 1 is 1.12 bits per heavy atom. The zero-order valence-corrected chi connectivity index (χ0v) is 13.6. The quantitative estimate of drug-likeness (QED) is 0.729. The number of aliphatic hydroxyl groups is 1. The Kier molecular flexibility index (Phi) is 6.57. The molecule has 0 heterocycles. The number of nitrogens with one attached hydrogen (secondary N) is 2. The third kappa shape index (κ3) is 5.24. The zero-order valence-electron chi connectivity index (χ0n) is 13.6. The molecule has 1 atom stereocenters. The van der Waals surface area contributed by atoms with Gasteiger partial charge in [-0.1, -0.05) is 36.4 Å². The van der Waals surface area contributed by atoms with E-state index in [0.717, 1.165) is 5.69 Å². The average Bonchev–Trinajstić information content (AvgIpc) is 2.60. The van der Waals surface area contributed by atoms with E-state index >= 15 is 0 Å². The summed E-state index contributed by atoms with van der Waals surface area (Å²) in [7, 11) is 1.94. The Balaban J connectivity index is 1.69. The van der Waals surface area contributed by atoms with E-state index in [1.807, 2.05) is 42.3 Å². The zero-order chi connectivity index (χ0) is 17.4. The fourth-order valence-corrected chi connectivity index (χ4v) is 2.26. The van der Waals surface area contributed by atoms with Crippen LogP contribution >= 0.6 is 0 Å².